The first-order valence-electron chi connectivity index (χ1n) is 7.90. The van der Waals surface area contributed by atoms with E-state index in [9.17, 15) is 0 Å². The summed E-state index contributed by atoms with van der Waals surface area (Å²) in [5, 5.41) is 3.45. The summed E-state index contributed by atoms with van der Waals surface area (Å²) in [6, 6.07) is 0. The van der Waals surface area contributed by atoms with E-state index >= 15 is 0 Å². The maximum atomic E-state index is 5.57. The van der Waals surface area contributed by atoms with Crippen LogP contribution in [0.25, 0.3) is 0 Å². The van der Waals surface area contributed by atoms with Crippen molar-refractivity contribution in [1.82, 2.24) is 15.3 Å². The van der Waals surface area contributed by atoms with Crippen LogP contribution in [0.15, 0.2) is 6.20 Å². The van der Waals surface area contributed by atoms with Crippen molar-refractivity contribution < 1.29 is 9.47 Å². The fourth-order valence-electron chi connectivity index (χ4n) is 2.77. The molecule has 5 heteroatoms. The number of methoxy groups -OCH3 is 1. The summed E-state index contributed by atoms with van der Waals surface area (Å²) >= 11 is 0. The standard InChI is InChI=1S/C16H27N3O2/c1-4-21-12(2)16-18-11-14-9-13(5-6-15(14)19-16)10-17-7-8-20-3/h11-13,17H,4-10H2,1-3H3. The van der Waals surface area contributed by atoms with Crippen LogP contribution in [0.5, 0.6) is 0 Å². The Morgan fingerprint density at radius 1 is 1.48 bits per heavy atom. The molecule has 5 nitrogen and oxygen atoms in total. The predicted molar refractivity (Wildman–Crippen MR) is 82.3 cm³/mol. The molecule has 0 radical (unpaired) electrons. The minimum absolute atomic E-state index is 0.0197. The molecule has 0 saturated carbocycles. The van der Waals surface area contributed by atoms with E-state index in [0.29, 0.717) is 12.5 Å². The summed E-state index contributed by atoms with van der Waals surface area (Å²) in [6.45, 7) is 7.43. The smallest absolute Gasteiger partial charge is 0.157 e. The summed E-state index contributed by atoms with van der Waals surface area (Å²) < 4.78 is 10.6. The van der Waals surface area contributed by atoms with E-state index in [1.807, 2.05) is 20.0 Å². The second-order valence-electron chi connectivity index (χ2n) is 5.60. The van der Waals surface area contributed by atoms with Gasteiger partial charge in [0.15, 0.2) is 5.82 Å². The molecule has 118 valence electrons. The molecule has 0 saturated heterocycles. The largest absolute Gasteiger partial charge is 0.383 e. The zero-order chi connectivity index (χ0) is 15.1. The van der Waals surface area contributed by atoms with Crippen LogP contribution in [0.4, 0.5) is 0 Å². The van der Waals surface area contributed by atoms with Gasteiger partial charge < -0.3 is 14.8 Å². The van der Waals surface area contributed by atoms with Crippen LogP contribution >= 0.6 is 0 Å². The molecule has 1 aliphatic carbocycles. The van der Waals surface area contributed by atoms with Gasteiger partial charge in [0.1, 0.15) is 6.10 Å². The number of aryl methyl sites for hydroxylation is 1. The van der Waals surface area contributed by atoms with Gasteiger partial charge in [-0.05, 0) is 51.1 Å². The average Bonchev–Trinajstić information content (AvgIpc) is 2.51. The third-order valence-electron chi connectivity index (χ3n) is 3.97. The van der Waals surface area contributed by atoms with Crippen molar-refractivity contribution >= 4 is 0 Å². The molecule has 2 unspecified atom stereocenters. The molecule has 0 bridgehead atoms. The molecular weight excluding hydrogens is 266 g/mol. The normalized spacial score (nSPS) is 19.3. The summed E-state index contributed by atoms with van der Waals surface area (Å²) in [6.07, 6.45) is 5.27. The highest BCUT2D eigenvalue weighted by Crippen LogP contribution is 2.24. The predicted octanol–water partition coefficient (Wildman–Crippen LogP) is 1.91. The van der Waals surface area contributed by atoms with Gasteiger partial charge in [0, 0.05) is 32.2 Å². The first-order valence-corrected chi connectivity index (χ1v) is 7.90. The zero-order valence-electron chi connectivity index (χ0n) is 13.4. The van der Waals surface area contributed by atoms with Crippen molar-refractivity contribution in [2.75, 3.05) is 33.4 Å². The molecule has 1 aromatic rings. The maximum Gasteiger partial charge on any atom is 0.157 e. The highest BCUT2D eigenvalue weighted by molar-refractivity contribution is 5.22. The van der Waals surface area contributed by atoms with Crippen LogP contribution in [-0.4, -0.2) is 43.4 Å². The fourth-order valence-corrected chi connectivity index (χ4v) is 2.77. The Labute approximate surface area is 127 Å². The Morgan fingerprint density at radius 2 is 2.33 bits per heavy atom. The van der Waals surface area contributed by atoms with Crippen LogP contribution in [0.2, 0.25) is 0 Å². The highest BCUT2D eigenvalue weighted by Gasteiger charge is 2.21. The second kappa shape index (κ2) is 8.41. The lowest BCUT2D eigenvalue weighted by Crippen LogP contribution is -2.30. The molecule has 1 aliphatic rings. The third kappa shape index (κ3) is 4.73. The van der Waals surface area contributed by atoms with Crippen molar-refractivity contribution in [3.63, 3.8) is 0 Å². The molecule has 0 fully saturated rings. The van der Waals surface area contributed by atoms with Gasteiger partial charge in [0.25, 0.3) is 0 Å². The molecule has 2 atom stereocenters. The van der Waals surface area contributed by atoms with Gasteiger partial charge in [-0.1, -0.05) is 0 Å². The number of fused-ring (bicyclic) bond motifs is 1. The first kappa shape index (κ1) is 16.3. The number of hydrogen-bond acceptors (Lipinski definition) is 5. The van der Waals surface area contributed by atoms with Crippen molar-refractivity contribution in [2.45, 2.75) is 39.2 Å². The molecule has 0 amide bonds. The lowest BCUT2D eigenvalue weighted by atomic mass is 9.87. The SMILES string of the molecule is CCOC(C)c1ncc2c(n1)CCC(CNCCOC)C2. The summed E-state index contributed by atoms with van der Waals surface area (Å²) in [5.41, 5.74) is 2.51. The molecule has 1 N–H and O–H groups in total. The van der Waals surface area contributed by atoms with Gasteiger partial charge in [-0.25, -0.2) is 9.97 Å². The second-order valence-corrected chi connectivity index (χ2v) is 5.60. The minimum Gasteiger partial charge on any atom is -0.383 e. The van der Waals surface area contributed by atoms with E-state index in [1.165, 1.54) is 17.7 Å². The van der Waals surface area contributed by atoms with Crippen LogP contribution in [0, 0.1) is 5.92 Å². The van der Waals surface area contributed by atoms with Gasteiger partial charge in [0.2, 0.25) is 0 Å². The fraction of sp³-hybridized carbons (Fsp3) is 0.750. The summed E-state index contributed by atoms with van der Waals surface area (Å²) in [4.78, 5) is 9.18. The van der Waals surface area contributed by atoms with Gasteiger partial charge in [-0.15, -0.1) is 0 Å². The Morgan fingerprint density at radius 3 is 3.10 bits per heavy atom. The monoisotopic (exact) mass is 293 g/mol. The van der Waals surface area contributed by atoms with Crippen LogP contribution in [0.3, 0.4) is 0 Å². The molecule has 21 heavy (non-hydrogen) atoms. The van der Waals surface area contributed by atoms with Gasteiger partial charge >= 0.3 is 0 Å². The Hall–Kier alpha value is -1.04. The minimum atomic E-state index is -0.0197. The lowest BCUT2D eigenvalue weighted by molar-refractivity contribution is 0.0697. The zero-order valence-corrected chi connectivity index (χ0v) is 13.4. The van der Waals surface area contributed by atoms with E-state index in [0.717, 1.165) is 38.4 Å². The topological polar surface area (TPSA) is 56.3 Å². The summed E-state index contributed by atoms with van der Waals surface area (Å²) in [7, 11) is 1.73. The Kier molecular flexibility index (Phi) is 6.54. The van der Waals surface area contributed by atoms with E-state index in [2.05, 4.69) is 10.3 Å². The highest BCUT2D eigenvalue weighted by atomic mass is 16.5. The maximum absolute atomic E-state index is 5.57. The molecule has 0 aliphatic heterocycles. The number of rotatable bonds is 8. The van der Waals surface area contributed by atoms with Crippen molar-refractivity contribution in [3.05, 3.63) is 23.3 Å². The van der Waals surface area contributed by atoms with Crippen LogP contribution in [-0.2, 0) is 22.3 Å². The van der Waals surface area contributed by atoms with Gasteiger partial charge in [0.05, 0.1) is 6.61 Å². The Bertz CT molecular complexity index is 440. The lowest BCUT2D eigenvalue weighted by Gasteiger charge is -2.24. The van der Waals surface area contributed by atoms with E-state index < -0.39 is 0 Å². The van der Waals surface area contributed by atoms with Crippen LogP contribution < -0.4 is 5.32 Å². The molecule has 1 aromatic heterocycles. The Balaban J connectivity index is 1.90. The molecule has 0 spiro atoms. The van der Waals surface area contributed by atoms with Crippen LogP contribution in [0.1, 0.15) is 43.5 Å². The van der Waals surface area contributed by atoms with Gasteiger partial charge in [-0.2, -0.15) is 0 Å². The molecule has 0 aromatic carbocycles. The molecule has 2 rings (SSSR count). The van der Waals surface area contributed by atoms with E-state index in [4.69, 9.17) is 14.5 Å². The number of nitrogens with zero attached hydrogens (tertiary/aromatic N) is 2. The molecule has 1 heterocycles. The van der Waals surface area contributed by atoms with Crippen molar-refractivity contribution in [3.8, 4) is 0 Å². The van der Waals surface area contributed by atoms with E-state index in [-0.39, 0.29) is 6.10 Å². The number of nitrogens with one attached hydrogen (secondary N) is 1. The van der Waals surface area contributed by atoms with E-state index in [1.54, 1.807) is 7.11 Å². The average molecular weight is 293 g/mol. The number of ether oxygens (including phenoxy) is 2. The summed E-state index contributed by atoms with van der Waals surface area (Å²) in [5.74, 6) is 1.49. The number of aromatic nitrogens is 2. The third-order valence-corrected chi connectivity index (χ3v) is 3.97. The molecular formula is C16H27N3O2. The number of hydrogen-bond donors (Lipinski definition) is 1. The van der Waals surface area contributed by atoms with Gasteiger partial charge in [-0.3, -0.25) is 0 Å². The van der Waals surface area contributed by atoms with Crippen molar-refractivity contribution in [2.24, 2.45) is 5.92 Å². The quantitative estimate of drug-likeness (QED) is 0.742. The first-order chi connectivity index (χ1) is 10.2. The van der Waals surface area contributed by atoms with Crippen molar-refractivity contribution in [1.29, 1.82) is 0 Å².